The molecule has 5 heteroatoms. The summed E-state index contributed by atoms with van der Waals surface area (Å²) in [6, 6.07) is 7.68. The minimum atomic E-state index is 0.330. The molecule has 2 aromatic rings. The van der Waals surface area contributed by atoms with Gasteiger partial charge in [-0.3, -0.25) is 4.98 Å². The minimum absolute atomic E-state index is 0.330. The lowest BCUT2D eigenvalue weighted by Crippen LogP contribution is -2.12. The average molecular weight is 273 g/mol. The third-order valence-corrected chi connectivity index (χ3v) is 2.93. The second kappa shape index (κ2) is 5.67. The fraction of sp³-hybridized carbons (Fsp3) is 0.143. The number of pyridine rings is 1. The third-order valence-electron chi connectivity index (χ3n) is 2.71. The molecule has 0 fully saturated rings. The van der Waals surface area contributed by atoms with E-state index in [0.717, 1.165) is 28.3 Å². The predicted octanol–water partition coefficient (Wildman–Crippen LogP) is 2.78. The molecule has 2 rings (SSSR count). The van der Waals surface area contributed by atoms with Crippen molar-refractivity contribution in [2.45, 2.75) is 6.92 Å². The van der Waals surface area contributed by atoms with Crippen LogP contribution in [-0.4, -0.2) is 17.1 Å². The number of aryl methyl sites for hydroxylation is 1. The van der Waals surface area contributed by atoms with Gasteiger partial charge in [-0.05, 0) is 30.7 Å². The molecule has 0 atom stereocenters. The van der Waals surface area contributed by atoms with Crippen molar-refractivity contribution in [3.8, 4) is 5.75 Å². The number of thiocarbonyl (C=S) groups is 1. The molecular formula is C14H15N3OS. The summed E-state index contributed by atoms with van der Waals surface area (Å²) in [5, 5.41) is 3.26. The number of rotatable bonds is 4. The van der Waals surface area contributed by atoms with Crippen LogP contribution < -0.4 is 15.8 Å². The lowest BCUT2D eigenvalue weighted by Gasteiger charge is -2.14. The van der Waals surface area contributed by atoms with Crippen LogP contribution in [0.25, 0.3) is 0 Å². The summed E-state index contributed by atoms with van der Waals surface area (Å²) in [5.41, 5.74) is 9.21. The number of nitrogens with one attached hydrogen (secondary N) is 1. The standard InChI is InChI=1S/C14H15N3OS/c1-9-3-4-13(18-2)11(7-9)17-12-8-16-6-5-10(12)14(15)19/h3-8,17H,1-2H3,(H2,15,19). The molecular weight excluding hydrogens is 258 g/mol. The fourth-order valence-electron chi connectivity index (χ4n) is 1.77. The molecule has 0 aliphatic rings. The van der Waals surface area contributed by atoms with Crippen molar-refractivity contribution in [3.05, 3.63) is 47.8 Å². The van der Waals surface area contributed by atoms with Crippen molar-refractivity contribution < 1.29 is 4.74 Å². The summed E-state index contributed by atoms with van der Waals surface area (Å²) in [6.07, 6.45) is 3.35. The summed E-state index contributed by atoms with van der Waals surface area (Å²) in [7, 11) is 1.63. The largest absolute Gasteiger partial charge is 0.495 e. The molecule has 1 aromatic carbocycles. The number of hydrogen-bond acceptors (Lipinski definition) is 4. The molecule has 0 radical (unpaired) electrons. The molecule has 0 saturated carbocycles. The van der Waals surface area contributed by atoms with Gasteiger partial charge in [0.05, 0.1) is 24.7 Å². The second-order valence-electron chi connectivity index (χ2n) is 4.11. The molecule has 1 aromatic heterocycles. The average Bonchev–Trinajstić information content (AvgIpc) is 2.39. The molecule has 0 amide bonds. The lowest BCUT2D eigenvalue weighted by atomic mass is 10.1. The maximum Gasteiger partial charge on any atom is 0.142 e. The highest BCUT2D eigenvalue weighted by Gasteiger charge is 2.08. The van der Waals surface area contributed by atoms with Gasteiger partial charge in [0.15, 0.2) is 0 Å². The van der Waals surface area contributed by atoms with Gasteiger partial charge < -0.3 is 15.8 Å². The molecule has 0 unspecified atom stereocenters. The maximum atomic E-state index is 5.70. The van der Waals surface area contributed by atoms with E-state index in [1.54, 1.807) is 25.6 Å². The van der Waals surface area contributed by atoms with Gasteiger partial charge in [-0.25, -0.2) is 0 Å². The first-order valence-electron chi connectivity index (χ1n) is 5.77. The van der Waals surface area contributed by atoms with Crippen LogP contribution in [0.1, 0.15) is 11.1 Å². The zero-order valence-corrected chi connectivity index (χ0v) is 11.6. The Morgan fingerprint density at radius 2 is 2.11 bits per heavy atom. The van der Waals surface area contributed by atoms with Crippen LogP contribution in [0, 0.1) is 6.92 Å². The number of benzene rings is 1. The molecule has 3 N–H and O–H groups in total. The van der Waals surface area contributed by atoms with Crippen LogP contribution >= 0.6 is 12.2 Å². The Morgan fingerprint density at radius 3 is 2.79 bits per heavy atom. The van der Waals surface area contributed by atoms with E-state index in [9.17, 15) is 0 Å². The first kappa shape index (κ1) is 13.3. The predicted molar refractivity (Wildman–Crippen MR) is 81.1 cm³/mol. The molecule has 4 nitrogen and oxygen atoms in total. The summed E-state index contributed by atoms with van der Waals surface area (Å²) in [5.74, 6) is 0.753. The highest BCUT2D eigenvalue weighted by molar-refractivity contribution is 7.80. The molecule has 98 valence electrons. The number of hydrogen-bond donors (Lipinski definition) is 2. The van der Waals surface area contributed by atoms with Gasteiger partial charge in [0.1, 0.15) is 10.7 Å². The Bertz CT molecular complexity index is 613. The Balaban J connectivity index is 2.41. The highest BCUT2D eigenvalue weighted by atomic mass is 32.1. The Morgan fingerprint density at radius 1 is 1.32 bits per heavy atom. The van der Waals surface area contributed by atoms with Crippen molar-refractivity contribution in [2.75, 3.05) is 12.4 Å². The SMILES string of the molecule is COc1ccc(C)cc1Nc1cnccc1C(N)=S. The maximum absolute atomic E-state index is 5.70. The number of nitrogens with zero attached hydrogens (tertiary/aromatic N) is 1. The summed E-state index contributed by atoms with van der Waals surface area (Å²) in [4.78, 5) is 4.41. The first-order valence-corrected chi connectivity index (χ1v) is 6.18. The Labute approximate surface area is 117 Å². The number of anilines is 2. The number of ether oxygens (including phenoxy) is 1. The summed E-state index contributed by atoms with van der Waals surface area (Å²) >= 11 is 5.03. The monoisotopic (exact) mass is 273 g/mol. The second-order valence-corrected chi connectivity index (χ2v) is 4.55. The zero-order chi connectivity index (χ0) is 13.8. The third kappa shape index (κ3) is 3.00. The molecule has 0 aliphatic carbocycles. The van der Waals surface area contributed by atoms with E-state index >= 15 is 0 Å². The van der Waals surface area contributed by atoms with Crippen molar-refractivity contribution >= 4 is 28.6 Å². The zero-order valence-electron chi connectivity index (χ0n) is 10.8. The van der Waals surface area contributed by atoms with E-state index in [4.69, 9.17) is 22.7 Å². The number of methoxy groups -OCH3 is 1. The normalized spacial score (nSPS) is 10.0. The van der Waals surface area contributed by atoms with E-state index in [2.05, 4.69) is 10.3 Å². The van der Waals surface area contributed by atoms with Crippen molar-refractivity contribution in [2.24, 2.45) is 5.73 Å². The van der Waals surface area contributed by atoms with Crippen molar-refractivity contribution in [3.63, 3.8) is 0 Å². The summed E-state index contributed by atoms with van der Waals surface area (Å²) in [6.45, 7) is 2.02. The van der Waals surface area contributed by atoms with E-state index in [0.29, 0.717) is 4.99 Å². The smallest absolute Gasteiger partial charge is 0.142 e. The van der Waals surface area contributed by atoms with Gasteiger partial charge >= 0.3 is 0 Å². The fourth-order valence-corrected chi connectivity index (χ4v) is 1.95. The van der Waals surface area contributed by atoms with Crippen LogP contribution in [0.15, 0.2) is 36.7 Å². The van der Waals surface area contributed by atoms with E-state index in [-0.39, 0.29) is 0 Å². The van der Waals surface area contributed by atoms with Crippen LogP contribution in [0.3, 0.4) is 0 Å². The van der Waals surface area contributed by atoms with E-state index < -0.39 is 0 Å². The first-order chi connectivity index (χ1) is 9.11. The Hall–Kier alpha value is -2.14. The quantitative estimate of drug-likeness (QED) is 0.839. The molecule has 0 aliphatic heterocycles. The number of aromatic nitrogens is 1. The van der Waals surface area contributed by atoms with Gasteiger partial charge in [-0.1, -0.05) is 18.3 Å². The van der Waals surface area contributed by atoms with Crippen LogP contribution in [0.2, 0.25) is 0 Å². The van der Waals surface area contributed by atoms with E-state index in [1.807, 2.05) is 25.1 Å². The lowest BCUT2D eigenvalue weighted by molar-refractivity contribution is 0.416. The summed E-state index contributed by atoms with van der Waals surface area (Å²) < 4.78 is 5.33. The van der Waals surface area contributed by atoms with Gasteiger partial charge in [0.25, 0.3) is 0 Å². The Kier molecular flexibility index (Phi) is 3.97. The van der Waals surface area contributed by atoms with Gasteiger partial charge in [0, 0.05) is 11.8 Å². The van der Waals surface area contributed by atoms with Gasteiger partial charge in [-0.15, -0.1) is 0 Å². The minimum Gasteiger partial charge on any atom is -0.495 e. The van der Waals surface area contributed by atoms with Gasteiger partial charge in [-0.2, -0.15) is 0 Å². The number of nitrogens with two attached hydrogens (primary N) is 1. The van der Waals surface area contributed by atoms with Crippen molar-refractivity contribution in [1.29, 1.82) is 0 Å². The van der Waals surface area contributed by atoms with E-state index in [1.165, 1.54) is 0 Å². The topological polar surface area (TPSA) is 60.2 Å². The van der Waals surface area contributed by atoms with Crippen LogP contribution in [-0.2, 0) is 0 Å². The van der Waals surface area contributed by atoms with Crippen LogP contribution in [0.4, 0.5) is 11.4 Å². The molecule has 0 spiro atoms. The van der Waals surface area contributed by atoms with Crippen molar-refractivity contribution in [1.82, 2.24) is 4.98 Å². The highest BCUT2D eigenvalue weighted by Crippen LogP contribution is 2.29. The molecule has 1 heterocycles. The van der Waals surface area contributed by atoms with Gasteiger partial charge in [0.2, 0.25) is 0 Å². The molecule has 0 bridgehead atoms. The molecule has 19 heavy (non-hydrogen) atoms. The molecule has 0 saturated heterocycles. The van der Waals surface area contributed by atoms with Crippen LogP contribution in [0.5, 0.6) is 5.75 Å².